The highest BCUT2D eigenvalue weighted by atomic mass is 16.5. The van der Waals surface area contributed by atoms with Crippen LogP contribution in [0.2, 0.25) is 0 Å². The second-order valence-corrected chi connectivity index (χ2v) is 4.85. The minimum absolute atomic E-state index is 0.0308. The van der Waals surface area contributed by atoms with Crippen molar-refractivity contribution in [2.24, 2.45) is 5.73 Å². The zero-order chi connectivity index (χ0) is 10.9. The summed E-state index contributed by atoms with van der Waals surface area (Å²) in [6.07, 6.45) is 0. The third-order valence-electron chi connectivity index (χ3n) is 2.29. The molecule has 0 saturated carbocycles. The fourth-order valence-corrected chi connectivity index (χ4v) is 0.950. The number of hydrogen-bond donors (Lipinski definition) is 1. The lowest BCUT2D eigenvalue weighted by Gasteiger charge is -2.12. The smallest absolute Gasteiger partial charge is 0.231 e. The van der Waals surface area contributed by atoms with Crippen LogP contribution >= 0.6 is 0 Å². The van der Waals surface area contributed by atoms with Gasteiger partial charge in [-0.05, 0) is 6.92 Å². The van der Waals surface area contributed by atoms with E-state index in [1.165, 1.54) is 0 Å². The van der Waals surface area contributed by atoms with E-state index in [0.29, 0.717) is 5.89 Å². The van der Waals surface area contributed by atoms with Crippen LogP contribution in [0.15, 0.2) is 4.52 Å². The summed E-state index contributed by atoms with van der Waals surface area (Å²) in [7, 11) is 0. The standard InChI is InChI=1S/C10H19N3O/c1-6(7(2)11)8-12-9(13-14-8)10(3,4)5/h6-7H,11H2,1-5H3. The second-order valence-electron chi connectivity index (χ2n) is 4.85. The van der Waals surface area contributed by atoms with Crippen LogP contribution in [-0.2, 0) is 5.41 Å². The minimum Gasteiger partial charge on any atom is -0.339 e. The van der Waals surface area contributed by atoms with Gasteiger partial charge in [0.05, 0.1) is 5.92 Å². The zero-order valence-corrected chi connectivity index (χ0v) is 9.53. The highest BCUT2D eigenvalue weighted by molar-refractivity contribution is 5.03. The third-order valence-corrected chi connectivity index (χ3v) is 2.29. The molecule has 0 saturated heterocycles. The van der Waals surface area contributed by atoms with Crippen molar-refractivity contribution in [1.29, 1.82) is 0 Å². The molecule has 0 radical (unpaired) electrons. The van der Waals surface area contributed by atoms with Gasteiger partial charge in [-0.25, -0.2) is 0 Å². The molecule has 2 unspecified atom stereocenters. The van der Waals surface area contributed by atoms with Crippen molar-refractivity contribution in [3.8, 4) is 0 Å². The Morgan fingerprint density at radius 1 is 1.29 bits per heavy atom. The van der Waals surface area contributed by atoms with Crippen LogP contribution in [0.5, 0.6) is 0 Å². The molecule has 2 atom stereocenters. The first-order valence-corrected chi connectivity index (χ1v) is 4.92. The summed E-state index contributed by atoms with van der Waals surface area (Å²) in [5, 5.41) is 3.95. The SMILES string of the molecule is CC(N)C(C)c1nc(C(C)(C)C)no1. The van der Waals surface area contributed by atoms with Crippen LogP contribution in [0.4, 0.5) is 0 Å². The molecule has 0 aliphatic rings. The molecule has 0 spiro atoms. The summed E-state index contributed by atoms with van der Waals surface area (Å²) in [6, 6.07) is 0.0308. The molecule has 1 heterocycles. The Balaban J connectivity index is 2.89. The van der Waals surface area contributed by atoms with Gasteiger partial charge >= 0.3 is 0 Å². The van der Waals surface area contributed by atoms with E-state index < -0.39 is 0 Å². The van der Waals surface area contributed by atoms with Gasteiger partial charge in [0.2, 0.25) is 5.89 Å². The largest absolute Gasteiger partial charge is 0.339 e. The summed E-state index contributed by atoms with van der Waals surface area (Å²) >= 11 is 0. The van der Waals surface area contributed by atoms with Crippen molar-refractivity contribution < 1.29 is 4.52 Å². The fraction of sp³-hybridized carbons (Fsp3) is 0.800. The Bertz CT molecular complexity index is 299. The number of aromatic nitrogens is 2. The van der Waals surface area contributed by atoms with E-state index in [0.717, 1.165) is 5.82 Å². The maximum atomic E-state index is 5.76. The van der Waals surface area contributed by atoms with Gasteiger partial charge in [0.1, 0.15) is 0 Å². The molecule has 0 aromatic carbocycles. The molecule has 14 heavy (non-hydrogen) atoms. The Labute approximate surface area is 84.9 Å². The van der Waals surface area contributed by atoms with Gasteiger partial charge in [0.15, 0.2) is 5.82 Å². The Morgan fingerprint density at radius 3 is 2.21 bits per heavy atom. The molecule has 1 aromatic rings. The molecular formula is C10H19N3O. The Kier molecular flexibility index (Phi) is 2.95. The van der Waals surface area contributed by atoms with Crippen LogP contribution < -0.4 is 5.73 Å². The number of nitrogens with two attached hydrogens (primary N) is 1. The van der Waals surface area contributed by atoms with Gasteiger partial charge in [-0.2, -0.15) is 4.98 Å². The molecule has 0 bridgehead atoms. The van der Waals surface area contributed by atoms with Crippen molar-refractivity contribution >= 4 is 0 Å². The van der Waals surface area contributed by atoms with Gasteiger partial charge in [0, 0.05) is 11.5 Å². The number of rotatable bonds is 2. The summed E-state index contributed by atoms with van der Waals surface area (Å²) in [5.41, 5.74) is 5.69. The lowest BCUT2D eigenvalue weighted by molar-refractivity contribution is 0.337. The normalized spacial score (nSPS) is 16.7. The third kappa shape index (κ3) is 2.32. The molecule has 4 nitrogen and oxygen atoms in total. The van der Waals surface area contributed by atoms with Crippen LogP contribution in [-0.4, -0.2) is 16.2 Å². The maximum Gasteiger partial charge on any atom is 0.231 e. The van der Waals surface area contributed by atoms with Crippen LogP contribution in [0.25, 0.3) is 0 Å². The molecule has 80 valence electrons. The van der Waals surface area contributed by atoms with Crippen molar-refractivity contribution in [2.45, 2.75) is 52.0 Å². The molecule has 0 fully saturated rings. The molecule has 1 rings (SSSR count). The van der Waals surface area contributed by atoms with E-state index in [4.69, 9.17) is 10.3 Å². The van der Waals surface area contributed by atoms with Gasteiger partial charge in [-0.3, -0.25) is 0 Å². The summed E-state index contributed by atoms with van der Waals surface area (Å²) < 4.78 is 5.17. The summed E-state index contributed by atoms with van der Waals surface area (Å²) in [4.78, 5) is 4.34. The monoisotopic (exact) mass is 197 g/mol. The van der Waals surface area contributed by atoms with Crippen molar-refractivity contribution in [2.75, 3.05) is 0 Å². The van der Waals surface area contributed by atoms with Crippen molar-refractivity contribution in [3.63, 3.8) is 0 Å². The first-order valence-electron chi connectivity index (χ1n) is 4.92. The Hall–Kier alpha value is -0.900. The first kappa shape index (κ1) is 11.2. The molecule has 0 aliphatic carbocycles. The predicted molar refractivity (Wildman–Crippen MR) is 55.1 cm³/mol. The topological polar surface area (TPSA) is 64.9 Å². The molecule has 0 amide bonds. The molecule has 4 heteroatoms. The van der Waals surface area contributed by atoms with E-state index in [2.05, 4.69) is 30.9 Å². The quantitative estimate of drug-likeness (QED) is 0.785. The van der Waals surface area contributed by atoms with Crippen molar-refractivity contribution in [1.82, 2.24) is 10.1 Å². The van der Waals surface area contributed by atoms with Gasteiger partial charge in [0.25, 0.3) is 0 Å². The van der Waals surface area contributed by atoms with Gasteiger partial charge in [-0.1, -0.05) is 32.9 Å². The highest BCUT2D eigenvalue weighted by Gasteiger charge is 2.24. The summed E-state index contributed by atoms with van der Waals surface area (Å²) in [5.74, 6) is 1.48. The van der Waals surface area contributed by atoms with Gasteiger partial charge in [-0.15, -0.1) is 0 Å². The average molecular weight is 197 g/mol. The van der Waals surface area contributed by atoms with E-state index in [1.54, 1.807) is 0 Å². The van der Waals surface area contributed by atoms with Crippen molar-refractivity contribution in [3.05, 3.63) is 11.7 Å². The van der Waals surface area contributed by atoms with Crippen LogP contribution in [0.3, 0.4) is 0 Å². The first-order chi connectivity index (χ1) is 6.32. The fourth-order valence-electron chi connectivity index (χ4n) is 0.950. The van der Waals surface area contributed by atoms with Gasteiger partial charge < -0.3 is 10.3 Å². The number of nitrogens with zero attached hydrogens (tertiary/aromatic N) is 2. The summed E-state index contributed by atoms with van der Waals surface area (Å²) in [6.45, 7) is 10.1. The molecule has 2 N–H and O–H groups in total. The Morgan fingerprint density at radius 2 is 1.86 bits per heavy atom. The lowest BCUT2D eigenvalue weighted by Crippen LogP contribution is -2.23. The van der Waals surface area contributed by atoms with E-state index in [-0.39, 0.29) is 17.4 Å². The average Bonchev–Trinajstić information content (AvgIpc) is 2.49. The van der Waals surface area contributed by atoms with Crippen LogP contribution in [0, 0.1) is 0 Å². The number of hydrogen-bond acceptors (Lipinski definition) is 4. The minimum atomic E-state index is -0.0701. The zero-order valence-electron chi connectivity index (χ0n) is 9.53. The van der Waals surface area contributed by atoms with E-state index in [1.807, 2.05) is 13.8 Å². The maximum absolute atomic E-state index is 5.76. The second kappa shape index (κ2) is 3.69. The molecule has 1 aromatic heterocycles. The van der Waals surface area contributed by atoms with E-state index >= 15 is 0 Å². The molecule has 0 aliphatic heterocycles. The van der Waals surface area contributed by atoms with Crippen LogP contribution in [0.1, 0.15) is 52.3 Å². The predicted octanol–water partition coefficient (Wildman–Crippen LogP) is 1.82. The van der Waals surface area contributed by atoms with E-state index in [9.17, 15) is 0 Å². The highest BCUT2D eigenvalue weighted by Crippen LogP contribution is 2.22. The molecular weight excluding hydrogens is 178 g/mol. The lowest BCUT2D eigenvalue weighted by atomic mass is 9.96.